The van der Waals surface area contributed by atoms with Crippen LogP contribution in [0.3, 0.4) is 0 Å². The predicted molar refractivity (Wildman–Crippen MR) is 87.8 cm³/mol. The van der Waals surface area contributed by atoms with E-state index in [0.29, 0.717) is 4.75 Å². The van der Waals surface area contributed by atoms with Gasteiger partial charge in [-0.1, -0.05) is 78.6 Å². The summed E-state index contributed by atoms with van der Waals surface area (Å²) in [6.07, 6.45) is 16.5. The molecule has 2 heteroatoms. The molecule has 2 N–H and O–H groups in total. The third-order valence-electron chi connectivity index (χ3n) is 4.06. The van der Waals surface area contributed by atoms with Crippen LogP contribution in [0.1, 0.15) is 97.8 Å². The average molecular weight is 277 g/mol. The van der Waals surface area contributed by atoms with Gasteiger partial charge in [0.25, 0.3) is 0 Å². The second kappa shape index (κ2) is 13.7. The van der Waals surface area contributed by atoms with Crippen molar-refractivity contribution in [2.24, 2.45) is 0 Å². The maximum atomic E-state index is 4.80. The predicted octanol–water partition coefficient (Wildman–Crippen LogP) is 5.57. The number of thiol groups is 1. The molecule has 0 saturated carbocycles. The Labute approximate surface area is 121 Å². The summed E-state index contributed by atoms with van der Waals surface area (Å²) in [5.74, 6) is 0. The smallest absolute Gasteiger partial charge is 0.0124 e. The molecule has 0 aromatic carbocycles. The Hall–Kier alpha value is 0.310. The number of rotatable bonds is 12. The van der Waals surface area contributed by atoms with Crippen LogP contribution < -0.4 is 0 Å². The van der Waals surface area contributed by atoms with E-state index in [-0.39, 0.29) is 5.48 Å². The molecule has 18 heavy (non-hydrogen) atoms. The highest BCUT2D eigenvalue weighted by Crippen LogP contribution is 2.29. The van der Waals surface area contributed by atoms with Crippen LogP contribution in [0.2, 0.25) is 0 Å². The highest BCUT2D eigenvalue weighted by Gasteiger charge is 2.19. The second-order valence-corrected chi connectivity index (χ2v) is 6.46. The van der Waals surface area contributed by atoms with Crippen LogP contribution in [0.5, 0.6) is 0 Å². The summed E-state index contributed by atoms with van der Waals surface area (Å²) >= 11 is 4.80. The lowest BCUT2D eigenvalue weighted by molar-refractivity contribution is 0.470. The van der Waals surface area contributed by atoms with E-state index < -0.39 is 0 Å². The summed E-state index contributed by atoms with van der Waals surface area (Å²) in [5, 5.41) is 0. The fourth-order valence-corrected chi connectivity index (χ4v) is 2.53. The molecule has 112 valence electrons. The molecule has 0 aliphatic rings. The zero-order valence-corrected chi connectivity index (χ0v) is 13.8. The Bertz CT molecular complexity index is 155. The van der Waals surface area contributed by atoms with Gasteiger partial charge in [0.05, 0.1) is 0 Å². The Morgan fingerprint density at radius 3 is 1.44 bits per heavy atom. The first kappa shape index (κ1) is 20.6. The van der Waals surface area contributed by atoms with Gasteiger partial charge in [-0.25, -0.2) is 0 Å². The first-order chi connectivity index (χ1) is 8.18. The summed E-state index contributed by atoms with van der Waals surface area (Å²) in [7, 11) is 0. The molecule has 0 unspecified atom stereocenters. The highest BCUT2D eigenvalue weighted by atomic mass is 32.1. The first-order valence-corrected chi connectivity index (χ1v) is 8.35. The molecule has 0 atom stereocenters. The van der Waals surface area contributed by atoms with Crippen molar-refractivity contribution >= 4 is 12.6 Å². The van der Waals surface area contributed by atoms with Gasteiger partial charge in [0.2, 0.25) is 0 Å². The van der Waals surface area contributed by atoms with Crippen molar-refractivity contribution in [2.45, 2.75) is 103 Å². The van der Waals surface area contributed by atoms with E-state index in [2.05, 4.69) is 20.8 Å². The van der Waals surface area contributed by atoms with Crippen LogP contribution in [0.15, 0.2) is 0 Å². The number of unbranched alkanes of at least 4 members (excludes halogenated alkanes) is 8. The van der Waals surface area contributed by atoms with E-state index in [1.807, 2.05) is 0 Å². The van der Waals surface area contributed by atoms with Crippen molar-refractivity contribution in [1.29, 1.82) is 0 Å². The van der Waals surface area contributed by atoms with Gasteiger partial charge in [0.15, 0.2) is 0 Å². The molecule has 0 radical (unpaired) electrons. The highest BCUT2D eigenvalue weighted by molar-refractivity contribution is 7.81. The molecule has 1 nitrogen and oxygen atoms in total. The van der Waals surface area contributed by atoms with Gasteiger partial charge in [0, 0.05) is 4.75 Å². The fraction of sp³-hybridized carbons (Fsp3) is 1.00. The fourth-order valence-electron chi connectivity index (χ4n) is 2.37. The molecule has 0 fully saturated rings. The van der Waals surface area contributed by atoms with Gasteiger partial charge >= 0.3 is 0 Å². The van der Waals surface area contributed by atoms with Crippen molar-refractivity contribution in [3.8, 4) is 0 Å². The van der Waals surface area contributed by atoms with Gasteiger partial charge in [-0.05, 0) is 19.3 Å². The summed E-state index contributed by atoms with van der Waals surface area (Å²) in [6, 6.07) is 0. The first-order valence-electron chi connectivity index (χ1n) is 7.91. The minimum Gasteiger partial charge on any atom is -0.412 e. The summed E-state index contributed by atoms with van der Waals surface area (Å²) in [4.78, 5) is 0. The molecule has 0 heterocycles. The summed E-state index contributed by atoms with van der Waals surface area (Å²) < 4.78 is 0.321. The number of hydrogen-bond donors (Lipinski definition) is 1. The van der Waals surface area contributed by atoms with Gasteiger partial charge in [-0.15, -0.1) is 0 Å². The van der Waals surface area contributed by atoms with Crippen LogP contribution in [0.25, 0.3) is 0 Å². The van der Waals surface area contributed by atoms with Crippen molar-refractivity contribution in [1.82, 2.24) is 0 Å². The van der Waals surface area contributed by atoms with Crippen molar-refractivity contribution in [3.05, 3.63) is 0 Å². The van der Waals surface area contributed by atoms with E-state index in [0.717, 1.165) is 0 Å². The zero-order chi connectivity index (χ0) is 13.0. The van der Waals surface area contributed by atoms with Crippen LogP contribution >= 0.6 is 12.6 Å². The molecule has 0 saturated heterocycles. The maximum Gasteiger partial charge on any atom is 0.0124 e. The molecule has 0 aliphatic heterocycles. The van der Waals surface area contributed by atoms with Crippen LogP contribution in [-0.4, -0.2) is 10.2 Å². The SMILES string of the molecule is CCCCCCCCCCCC(S)(CC)CC.O. The topological polar surface area (TPSA) is 31.5 Å². The minimum absolute atomic E-state index is 0. The van der Waals surface area contributed by atoms with Crippen LogP contribution in [-0.2, 0) is 0 Å². The number of hydrogen-bond acceptors (Lipinski definition) is 1. The van der Waals surface area contributed by atoms with E-state index in [1.54, 1.807) is 0 Å². The van der Waals surface area contributed by atoms with Gasteiger partial charge < -0.3 is 5.48 Å². The molecule has 0 aromatic rings. The van der Waals surface area contributed by atoms with E-state index in [9.17, 15) is 0 Å². The Balaban J connectivity index is 0. The van der Waals surface area contributed by atoms with Gasteiger partial charge in [-0.2, -0.15) is 12.6 Å². The quantitative estimate of drug-likeness (QED) is 0.357. The molecule has 0 amide bonds. The molecule has 0 aliphatic carbocycles. The van der Waals surface area contributed by atoms with Gasteiger partial charge in [0.1, 0.15) is 0 Å². The van der Waals surface area contributed by atoms with E-state index in [4.69, 9.17) is 12.6 Å². The standard InChI is InChI=1S/C16H34S.H2O/c1-4-7-8-9-10-11-12-13-14-15-16(17,5-2)6-3;/h17H,4-15H2,1-3H3;1H2. The molecule has 0 aromatic heterocycles. The second-order valence-electron chi connectivity index (χ2n) is 5.51. The van der Waals surface area contributed by atoms with E-state index in [1.165, 1.54) is 77.0 Å². The maximum absolute atomic E-state index is 4.80. The molecule has 0 rings (SSSR count). The van der Waals surface area contributed by atoms with Crippen molar-refractivity contribution in [3.63, 3.8) is 0 Å². The van der Waals surface area contributed by atoms with E-state index >= 15 is 0 Å². The average Bonchev–Trinajstić information content (AvgIpc) is 2.36. The Kier molecular flexibility index (Phi) is 15.7. The van der Waals surface area contributed by atoms with Crippen LogP contribution in [0.4, 0.5) is 0 Å². The van der Waals surface area contributed by atoms with Crippen molar-refractivity contribution in [2.75, 3.05) is 0 Å². The lowest BCUT2D eigenvalue weighted by atomic mass is 9.94. The largest absolute Gasteiger partial charge is 0.412 e. The third-order valence-corrected chi connectivity index (χ3v) is 4.92. The molecule has 0 spiro atoms. The Morgan fingerprint density at radius 1 is 0.667 bits per heavy atom. The lowest BCUT2D eigenvalue weighted by Crippen LogP contribution is -2.18. The van der Waals surface area contributed by atoms with Crippen LogP contribution in [0, 0.1) is 0 Å². The van der Waals surface area contributed by atoms with Gasteiger partial charge in [-0.3, -0.25) is 0 Å². The molecular formula is C16H36OS. The molecule has 0 bridgehead atoms. The monoisotopic (exact) mass is 276 g/mol. The Morgan fingerprint density at radius 2 is 1.06 bits per heavy atom. The summed E-state index contributed by atoms with van der Waals surface area (Å²) in [6.45, 7) is 6.82. The zero-order valence-electron chi connectivity index (χ0n) is 12.9. The third kappa shape index (κ3) is 11.4. The minimum atomic E-state index is 0. The summed E-state index contributed by atoms with van der Waals surface area (Å²) in [5.41, 5.74) is 0. The molecular weight excluding hydrogens is 240 g/mol. The van der Waals surface area contributed by atoms with Crippen molar-refractivity contribution < 1.29 is 5.48 Å². The lowest BCUT2D eigenvalue weighted by Gasteiger charge is -2.25. The normalized spacial score (nSPS) is 11.3.